The number of halogens is 1. The third-order valence-electron chi connectivity index (χ3n) is 5.45. The van der Waals surface area contributed by atoms with Gasteiger partial charge in [-0.25, -0.2) is 9.37 Å². The molecule has 170 valence electrons. The molecule has 0 saturated heterocycles. The van der Waals surface area contributed by atoms with E-state index >= 15 is 0 Å². The average molecular weight is 452 g/mol. The summed E-state index contributed by atoms with van der Waals surface area (Å²) in [6.07, 6.45) is 7.82. The van der Waals surface area contributed by atoms with Crippen LogP contribution in [0.15, 0.2) is 91.5 Å². The van der Waals surface area contributed by atoms with Crippen molar-refractivity contribution in [3.05, 3.63) is 114 Å². The molecular weight excluding hydrogens is 425 g/mol. The van der Waals surface area contributed by atoms with Crippen LogP contribution in [0, 0.1) is 29.0 Å². The molecule has 1 saturated carbocycles. The third-order valence-corrected chi connectivity index (χ3v) is 5.45. The van der Waals surface area contributed by atoms with Crippen LogP contribution >= 0.6 is 0 Å². The first-order chi connectivity index (χ1) is 16.6. The Morgan fingerprint density at radius 1 is 0.971 bits per heavy atom. The summed E-state index contributed by atoms with van der Waals surface area (Å²) in [5, 5.41) is 17.0. The van der Waals surface area contributed by atoms with Crippen LogP contribution < -0.4 is 0 Å². The van der Waals surface area contributed by atoms with E-state index in [9.17, 15) is 4.39 Å². The van der Waals surface area contributed by atoms with Crippen molar-refractivity contribution in [3.8, 4) is 23.0 Å². The molecule has 0 bridgehead atoms. The van der Waals surface area contributed by atoms with E-state index in [4.69, 9.17) is 10.5 Å². The van der Waals surface area contributed by atoms with E-state index in [1.165, 1.54) is 25.0 Å². The van der Waals surface area contributed by atoms with Gasteiger partial charge in [-0.1, -0.05) is 60.4 Å². The van der Waals surface area contributed by atoms with Gasteiger partial charge >= 0.3 is 0 Å². The Kier molecular flexibility index (Phi) is 7.64. The van der Waals surface area contributed by atoms with Gasteiger partial charge in [0, 0.05) is 23.9 Å². The van der Waals surface area contributed by atoms with E-state index in [1.807, 2.05) is 59.3 Å². The number of nitrogens with zero attached hydrogens (tertiary/aromatic N) is 2. The number of aliphatic hydroxyl groups is 1. The Morgan fingerprint density at radius 3 is 2.18 bits per heavy atom. The van der Waals surface area contributed by atoms with Crippen LogP contribution in [0.3, 0.4) is 0 Å². The molecule has 1 aromatic heterocycles. The minimum atomic E-state index is -0.231. The maximum absolute atomic E-state index is 12.7. The molecule has 1 heterocycles. The summed E-state index contributed by atoms with van der Waals surface area (Å²) < 4.78 is 14.6. The molecule has 5 rings (SSSR count). The molecule has 0 aliphatic heterocycles. The highest BCUT2D eigenvalue weighted by molar-refractivity contribution is 5.98. The van der Waals surface area contributed by atoms with Gasteiger partial charge in [-0.15, -0.1) is 0 Å². The molecule has 0 amide bonds. The fourth-order valence-corrected chi connectivity index (χ4v) is 3.27. The van der Waals surface area contributed by atoms with Gasteiger partial charge in [-0.05, 0) is 59.4 Å². The van der Waals surface area contributed by atoms with Gasteiger partial charge in [0.1, 0.15) is 5.82 Å². The number of rotatable bonds is 5. The topological polar surface area (TPSA) is 61.9 Å². The molecule has 4 aromatic rings. The summed E-state index contributed by atoms with van der Waals surface area (Å²) in [5.74, 6) is 6.82. The number of imidazole rings is 1. The summed E-state index contributed by atoms with van der Waals surface area (Å²) in [5.41, 5.74) is 5.42. The second-order valence-electron chi connectivity index (χ2n) is 8.20. The van der Waals surface area contributed by atoms with Crippen molar-refractivity contribution in [3.63, 3.8) is 0 Å². The van der Waals surface area contributed by atoms with Crippen molar-refractivity contribution < 1.29 is 9.50 Å². The minimum absolute atomic E-state index is 0.0453. The third kappa shape index (κ3) is 6.74. The molecule has 0 unspecified atom stereocenters. The zero-order valence-corrected chi connectivity index (χ0v) is 18.8. The van der Waals surface area contributed by atoms with Crippen LogP contribution in [0.1, 0.15) is 29.5 Å². The van der Waals surface area contributed by atoms with Crippen LogP contribution in [0.4, 0.5) is 4.39 Å². The van der Waals surface area contributed by atoms with Gasteiger partial charge < -0.3 is 15.1 Å². The SMILES string of the molecule is N=C(Cn1ccnc1)c1ccc(C#CC2CC2)cc1.OCc1ccc(-c2ccc(F)cc2)cc1. The Balaban J connectivity index is 0.000000166. The van der Waals surface area contributed by atoms with E-state index in [2.05, 4.69) is 16.8 Å². The molecular formula is C29H26FN3O. The van der Waals surface area contributed by atoms with Crippen LogP contribution in [0.2, 0.25) is 0 Å². The van der Waals surface area contributed by atoms with Gasteiger partial charge in [0.25, 0.3) is 0 Å². The van der Waals surface area contributed by atoms with Gasteiger partial charge in [0.05, 0.1) is 25.2 Å². The van der Waals surface area contributed by atoms with Crippen molar-refractivity contribution in [1.29, 1.82) is 5.41 Å². The van der Waals surface area contributed by atoms with E-state index in [1.54, 1.807) is 24.7 Å². The highest BCUT2D eigenvalue weighted by atomic mass is 19.1. The van der Waals surface area contributed by atoms with E-state index in [0.29, 0.717) is 18.2 Å². The number of nitrogens with one attached hydrogen (secondary N) is 1. The molecule has 1 fully saturated rings. The Hall–Kier alpha value is -4.01. The predicted octanol–water partition coefficient (Wildman–Crippen LogP) is 5.70. The lowest BCUT2D eigenvalue weighted by atomic mass is 10.0. The normalized spacial score (nSPS) is 12.2. The van der Waals surface area contributed by atoms with E-state index in [-0.39, 0.29) is 12.4 Å². The van der Waals surface area contributed by atoms with Crippen LogP contribution in [-0.4, -0.2) is 20.4 Å². The van der Waals surface area contributed by atoms with Crippen molar-refractivity contribution in [1.82, 2.24) is 9.55 Å². The summed E-state index contributed by atoms with van der Waals surface area (Å²) in [4.78, 5) is 3.98. The largest absolute Gasteiger partial charge is 0.392 e. The van der Waals surface area contributed by atoms with Crippen LogP contribution in [0.5, 0.6) is 0 Å². The standard InChI is InChI=1S/C16H15N3.C13H11FO/c17-16(11-19-10-9-18-12-19)15-7-5-14(6-8-15)4-3-13-1-2-13;14-13-7-5-12(6-8-13)11-3-1-10(9-15)2-4-11/h5-10,12-13,17H,1-2,11H2;1-8,15H,9H2. The fraction of sp³-hybridized carbons (Fsp3) is 0.172. The molecule has 4 nitrogen and oxygen atoms in total. The van der Waals surface area contributed by atoms with E-state index < -0.39 is 0 Å². The second-order valence-corrected chi connectivity index (χ2v) is 8.20. The lowest BCUT2D eigenvalue weighted by Crippen LogP contribution is -2.08. The average Bonchev–Trinajstić information content (AvgIpc) is 3.58. The monoisotopic (exact) mass is 451 g/mol. The molecule has 0 radical (unpaired) electrons. The summed E-state index contributed by atoms with van der Waals surface area (Å²) in [7, 11) is 0. The Labute approximate surface area is 199 Å². The maximum Gasteiger partial charge on any atom is 0.123 e. The van der Waals surface area contributed by atoms with Crippen molar-refractivity contribution in [2.45, 2.75) is 26.0 Å². The Bertz CT molecular complexity index is 1260. The number of hydrogen-bond acceptors (Lipinski definition) is 3. The van der Waals surface area contributed by atoms with Gasteiger partial charge in [-0.3, -0.25) is 0 Å². The first kappa shape index (κ1) is 23.2. The van der Waals surface area contributed by atoms with Crippen molar-refractivity contribution in [2.24, 2.45) is 5.92 Å². The van der Waals surface area contributed by atoms with Crippen molar-refractivity contribution >= 4 is 5.71 Å². The highest BCUT2D eigenvalue weighted by Gasteiger charge is 2.17. The highest BCUT2D eigenvalue weighted by Crippen LogP contribution is 2.27. The Morgan fingerprint density at radius 2 is 1.62 bits per heavy atom. The number of aromatic nitrogens is 2. The number of benzene rings is 3. The summed E-state index contributed by atoms with van der Waals surface area (Å²) in [6, 6.07) is 21.8. The lowest BCUT2D eigenvalue weighted by Gasteiger charge is -2.05. The number of aliphatic hydroxyl groups excluding tert-OH is 1. The first-order valence-corrected chi connectivity index (χ1v) is 11.2. The molecule has 5 heteroatoms. The zero-order valence-electron chi connectivity index (χ0n) is 18.8. The maximum atomic E-state index is 12.7. The quantitative estimate of drug-likeness (QED) is 0.302. The first-order valence-electron chi connectivity index (χ1n) is 11.2. The molecule has 0 spiro atoms. The van der Waals surface area contributed by atoms with Crippen molar-refractivity contribution in [2.75, 3.05) is 0 Å². The lowest BCUT2D eigenvalue weighted by molar-refractivity contribution is 0.282. The molecule has 1 aliphatic rings. The summed E-state index contributed by atoms with van der Waals surface area (Å²) >= 11 is 0. The molecule has 34 heavy (non-hydrogen) atoms. The van der Waals surface area contributed by atoms with Gasteiger partial charge in [0.2, 0.25) is 0 Å². The minimum Gasteiger partial charge on any atom is -0.392 e. The summed E-state index contributed by atoms with van der Waals surface area (Å²) in [6.45, 7) is 0.594. The smallest absolute Gasteiger partial charge is 0.123 e. The molecule has 0 atom stereocenters. The molecule has 1 aliphatic carbocycles. The number of hydrogen-bond donors (Lipinski definition) is 2. The zero-order chi connectivity index (χ0) is 23.8. The van der Waals surface area contributed by atoms with Crippen LogP contribution in [0.25, 0.3) is 11.1 Å². The van der Waals surface area contributed by atoms with E-state index in [0.717, 1.165) is 27.8 Å². The molecule has 3 aromatic carbocycles. The van der Waals surface area contributed by atoms with Crippen LogP contribution in [-0.2, 0) is 13.2 Å². The molecule has 2 N–H and O–H groups in total. The van der Waals surface area contributed by atoms with Gasteiger partial charge in [0.15, 0.2) is 0 Å². The van der Waals surface area contributed by atoms with Gasteiger partial charge in [-0.2, -0.15) is 0 Å². The predicted molar refractivity (Wildman–Crippen MR) is 133 cm³/mol. The second kappa shape index (κ2) is 11.2. The fourth-order valence-electron chi connectivity index (χ4n) is 3.27.